The zero-order valence-electron chi connectivity index (χ0n) is 12.4. The highest BCUT2D eigenvalue weighted by Crippen LogP contribution is 2.26. The van der Waals surface area contributed by atoms with Gasteiger partial charge >= 0.3 is 0 Å². The molecule has 1 atom stereocenters. The first-order valence-corrected chi connectivity index (χ1v) is 8.14. The topological polar surface area (TPSA) is 40.6 Å². The molecule has 1 aromatic rings. The lowest BCUT2D eigenvalue weighted by Gasteiger charge is -2.37. The number of likely N-dealkylation sites (N-methyl/N-ethyl adjacent to an activating group) is 1. The first kappa shape index (κ1) is 15.4. The van der Waals surface area contributed by atoms with Crippen molar-refractivity contribution in [3.8, 4) is 0 Å². The Balaban J connectivity index is 2.41. The van der Waals surface area contributed by atoms with Gasteiger partial charge in [0, 0.05) is 25.7 Å². The van der Waals surface area contributed by atoms with E-state index in [0.29, 0.717) is 30.8 Å². The first-order valence-electron chi connectivity index (χ1n) is 6.70. The average molecular weight is 300 g/mol. The van der Waals surface area contributed by atoms with E-state index in [1.165, 1.54) is 16.4 Å². The van der Waals surface area contributed by atoms with E-state index >= 15 is 0 Å². The van der Waals surface area contributed by atoms with Crippen molar-refractivity contribution in [2.24, 2.45) is 0 Å². The average Bonchev–Trinajstić information content (AvgIpc) is 2.30. The van der Waals surface area contributed by atoms with Crippen LogP contribution in [-0.4, -0.2) is 50.3 Å². The maximum absolute atomic E-state index is 13.3. The monoisotopic (exact) mass is 300 g/mol. The Morgan fingerprint density at radius 2 is 1.75 bits per heavy atom. The highest BCUT2D eigenvalue weighted by atomic mass is 32.2. The van der Waals surface area contributed by atoms with Gasteiger partial charge in [0.25, 0.3) is 0 Å². The normalized spacial score (nSPS) is 22.1. The Bertz CT molecular complexity index is 593. The van der Waals surface area contributed by atoms with Crippen LogP contribution >= 0.6 is 0 Å². The van der Waals surface area contributed by atoms with Crippen molar-refractivity contribution in [1.82, 2.24) is 9.21 Å². The van der Waals surface area contributed by atoms with E-state index in [-0.39, 0.29) is 10.9 Å². The molecule has 0 aromatic heterocycles. The summed E-state index contributed by atoms with van der Waals surface area (Å²) in [5.41, 5.74) is 0.933. The number of sulfonamides is 1. The highest BCUT2D eigenvalue weighted by Gasteiger charge is 2.32. The fourth-order valence-electron chi connectivity index (χ4n) is 2.67. The predicted molar refractivity (Wildman–Crippen MR) is 76.7 cm³/mol. The van der Waals surface area contributed by atoms with Gasteiger partial charge in [-0.3, -0.25) is 0 Å². The molecule has 4 nitrogen and oxygen atoms in total. The maximum Gasteiger partial charge on any atom is 0.243 e. The molecule has 1 aliphatic heterocycles. The van der Waals surface area contributed by atoms with Crippen molar-refractivity contribution in [3.05, 3.63) is 29.1 Å². The number of hydrogen-bond donors (Lipinski definition) is 0. The molecule has 20 heavy (non-hydrogen) atoms. The minimum absolute atomic E-state index is 0.180. The van der Waals surface area contributed by atoms with Crippen LogP contribution in [0.2, 0.25) is 0 Å². The molecule has 1 aromatic carbocycles. The van der Waals surface area contributed by atoms with E-state index in [0.717, 1.165) is 0 Å². The summed E-state index contributed by atoms with van der Waals surface area (Å²) in [7, 11) is -1.57. The number of halogens is 1. The summed E-state index contributed by atoms with van der Waals surface area (Å²) in [6, 6.07) is 2.73. The summed E-state index contributed by atoms with van der Waals surface area (Å²) in [5, 5.41) is 0. The highest BCUT2D eigenvalue weighted by molar-refractivity contribution is 7.89. The molecule has 1 unspecified atom stereocenters. The molecule has 2 rings (SSSR count). The van der Waals surface area contributed by atoms with Gasteiger partial charge in [0.15, 0.2) is 0 Å². The summed E-state index contributed by atoms with van der Waals surface area (Å²) in [6.45, 7) is 6.94. The van der Waals surface area contributed by atoms with Crippen molar-refractivity contribution in [3.63, 3.8) is 0 Å². The fraction of sp³-hybridized carbons (Fsp3) is 0.571. The second-order valence-corrected chi connectivity index (χ2v) is 7.44. The molecular weight excluding hydrogens is 279 g/mol. The molecule has 0 radical (unpaired) electrons. The second-order valence-electron chi connectivity index (χ2n) is 5.56. The molecule has 1 fully saturated rings. The SMILES string of the molecule is Cc1cc(F)cc(C)c1S(=O)(=O)N1CCN(C)C(C)C1. The molecule has 0 aliphatic carbocycles. The Labute approximate surface area is 120 Å². The van der Waals surface area contributed by atoms with Gasteiger partial charge in [0.1, 0.15) is 5.82 Å². The van der Waals surface area contributed by atoms with Gasteiger partial charge in [-0.25, -0.2) is 12.8 Å². The lowest BCUT2D eigenvalue weighted by molar-refractivity contribution is 0.159. The molecular formula is C14H21FN2O2S. The third-order valence-electron chi connectivity index (χ3n) is 3.95. The standard InChI is InChI=1S/C14H21FN2O2S/c1-10-7-13(15)8-11(2)14(10)20(18,19)17-6-5-16(4)12(3)9-17/h7-8,12H,5-6,9H2,1-4H3. The van der Waals surface area contributed by atoms with Crippen molar-refractivity contribution in [2.45, 2.75) is 31.7 Å². The molecule has 0 N–H and O–H groups in total. The predicted octanol–water partition coefficient (Wildman–Crippen LogP) is 1.77. The largest absolute Gasteiger partial charge is 0.301 e. The molecule has 0 amide bonds. The first-order chi connectivity index (χ1) is 9.23. The maximum atomic E-state index is 13.3. The number of aryl methyl sites for hydroxylation is 2. The third-order valence-corrected chi connectivity index (χ3v) is 6.12. The fourth-order valence-corrected chi connectivity index (χ4v) is 4.59. The van der Waals surface area contributed by atoms with Crippen molar-refractivity contribution >= 4 is 10.0 Å². The van der Waals surface area contributed by atoms with Crippen LogP contribution in [0.5, 0.6) is 0 Å². The van der Waals surface area contributed by atoms with Gasteiger partial charge < -0.3 is 4.90 Å². The number of hydrogen-bond acceptors (Lipinski definition) is 3. The van der Waals surface area contributed by atoms with Gasteiger partial charge in [-0.2, -0.15) is 4.31 Å². The van der Waals surface area contributed by atoms with Crippen LogP contribution in [0.1, 0.15) is 18.1 Å². The second kappa shape index (κ2) is 5.42. The van der Waals surface area contributed by atoms with Gasteiger partial charge in [-0.05, 0) is 51.1 Å². The summed E-state index contributed by atoms with van der Waals surface area (Å²) < 4.78 is 40.4. The van der Waals surface area contributed by atoms with Crippen molar-refractivity contribution in [2.75, 3.05) is 26.7 Å². The van der Waals surface area contributed by atoms with Crippen LogP contribution in [0.25, 0.3) is 0 Å². The van der Waals surface area contributed by atoms with Crippen LogP contribution in [0, 0.1) is 19.7 Å². The summed E-state index contributed by atoms with van der Waals surface area (Å²) in [5.74, 6) is -0.398. The number of nitrogens with zero attached hydrogens (tertiary/aromatic N) is 2. The van der Waals surface area contributed by atoms with E-state index < -0.39 is 15.8 Å². The van der Waals surface area contributed by atoms with Crippen LogP contribution in [-0.2, 0) is 10.0 Å². The smallest absolute Gasteiger partial charge is 0.243 e. The van der Waals surface area contributed by atoms with E-state index in [2.05, 4.69) is 4.90 Å². The van der Waals surface area contributed by atoms with Gasteiger partial charge in [-0.1, -0.05) is 0 Å². The minimum atomic E-state index is -3.56. The molecule has 1 aliphatic rings. The summed E-state index contributed by atoms with van der Waals surface area (Å²) in [6.07, 6.45) is 0. The summed E-state index contributed by atoms with van der Waals surface area (Å²) in [4.78, 5) is 2.38. The van der Waals surface area contributed by atoms with Gasteiger partial charge in [0.05, 0.1) is 4.90 Å². The van der Waals surface area contributed by atoms with E-state index in [4.69, 9.17) is 0 Å². The van der Waals surface area contributed by atoms with E-state index in [1.54, 1.807) is 13.8 Å². The van der Waals surface area contributed by atoms with Crippen LogP contribution in [0.4, 0.5) is 4.39 Å². The van der Waals surface area contributed by atoms with Crippen LogP contribution in [0.3, 0.4) is 0 Å². The molecule has 0 bridgehead atoms. The Kier molecular flexibility index (Phi) is 4.18. The van der Waals surface area contributed by atoms with Crippen molar-refractivity contribution in [1.29, 1.82) is 0 Å². The van der Waals surface area contributed by atoms with Gasteiger partial charge in [-0.15, -0.1) is 0 Å². The van der Waals surface area contributed by atoms with Crippen LogP contribution < -0.4 is 0 Å². The molecule has 112 valence electrons. The zero-order valence-corrected chi connectivity index (χ0v) is 13.2. The van der Waals surface area contributed by atoms with Crippen LogP contribution in [0.15, 0.2) is 17.0 Å². The Morgan fingerprint density at radius 1 is 1.20 bits per heavy atom. The molecule has 0 saturated carbocycles. The quantitative estimate of drug-likeness (QED) is 0.836. The molecule has 0 spiro atoms. The number of piperazine rings is 1. The van der Waals surface area contributed by atoms with Gasteiger partial charge in [0.2, 0.25) is 10.0 Å². The third kappa shape index (κ3) is 2.73. The number of benzene rings is 1. The Morgan fingerprint density at radius 3 is 2.25 bits per heavy atom. The zero-order chi connectivity index (χ0) is 15.1. The lowest BCUT2D eigenvalue weighted by Crippen LogP contribution is -2.52. The summed E-state index contributed by atoms with van der Waals surface area (Å²) >= 11 is 0. The lowest BCUT2D eigenvalue weighted by atomic mass is 10.1. The molecule has 1 saturated heterocycles. The number of rotatable bonds is 2. The molecule has 1 heterocycles. The molecule has 6 heteroatoms. The Hall–Kier alpha value is -0.980. The van der Waals surface area contributed by atoms with E-state index in [1.807, 2.05) is 14.0 Å². The van der Waals surface area contributed by atoms with E-state index in [9.17, 15) is 12.8 Å². The minimum Gasteiger partial charge on any atom is -0.301 e. The van der Waals surface area contributed by atoms with Crippen molar-refractivity contribution < 1.29 is 12.8 Å².